The van der Waals surface area contributed by atoms with Crippen LogP contribution in [0.5, 0.6) is 0 Å². The molecule has 1 saturated carbocycles. The number of nitrogens with zero attached hydrogens (tertiary/aromatic N) is 2. The van der Waals surface area contributed by atoms with Crippen molar-refractivity contribution in [2.45, 2.75) is 19.3 Å². The van der Waals surface area contributed by atoms with Crippen LogP contribution in [0.2, 0.25) is 0 Å². The Hall–Kier alpha value is -3.28. The van der Waals surface area contributed by atoms with E-state index in [-0.39, 0.29) is 17.5 Å². The van der Waals surface area contributed by atoms with E-state index in [9.17, 15) is 9.59 Å². The second-order valence-corrected chi connectivity index (χ2v) is 6.74. The first-order valence-corrected chi connectivity index (χ1v) is 9.10. The zero-order chi connectivity index (χ0) is 18.6. The molecule has 6 heteroatoms. The summed E-state index contributed by atoms with van der Waals surface area (Å²) in [4.78, 5) is 33.8. The van der Waals surface area contributed by atoms with Crippen molar-refractivity contribution in [1.82, 2.24) is 15.3 Å². The van der Waals surface area contributed by atoms with Crippen LogP contribution in [-0.2, 0) is 0 Å². The number of hydrogen-bond acceptors (Lipinski definition) is 4. The molecule has 0 radical (unpaired) electrons. The van der Waals surface area contributed by atoms with Crippen LogP contribution in [0.25, 0.3) is 10.9 Å². The maximum Gasteiger partial charge on any atom is 0.272 e. The predicted octanol–water partition coefficient (Wildman–Crippen LogP) is 3.41. The van der Waals surface area contributed by atoms with Crippen molar-refractivity contribution in [3.05, 3.63) is 66.1 Å². The standard InChI is InChI=1S/C21H20N4O2/c26-20(16-10-12-22-17-8-2-1-7-15(16)17)25-18-9-4-11-23-19(18)21(27)24-13-14-5-3-6-14/h1-2,4,7-12,14H,3,5-6,13H2,(H,24,27)(H,25,26). The number of anilines is 1. The van der Waals surface area contributed by atoms with Gasteiger partial charge in [-0.25, -0.2) is 4.98 Å². The van der Waals surface area contributed by atoms with E-state index in [1.54, 1.807) is 30.6 Å². The molecule has 136 valence electrons. The van der Waals surface area contributed by atoms with E-state index in [1.165, 1.54) is 6.42 Å². The Kier molecular flexibility index (Phi) is 4.78. The lowest BCUT2D eigenvalue weighted by Crippen LogP contribution is -2.33. The topological polar surface area (TPSA) is 84.0 Å². The summed E-state index contributed by atoms with van der Waals surface area (Å²) in [7, 11) is 0. The molecule has 0 aliphatic heterocycles. The quantitative estimate of drug-likeness (QED) is 0.730. The molecule has 0 saturated heterocycles. The normalized spacial score (nSPS) is 13.8. The summed E-state index contributed by atoms with van der Waals surface area (Å²) in [5.74, 6) is -0.00841. The number of para-hydroxylation sites is 1. The monoisotopic (exact) mass is 360 g/mol. The van der Waals surface area contributed by atoms with Crippen LogP contribution in [-0.4, -0.2) is 28.3 Å². The van der Waals surface area contributed by atoms with Gasteiger partial charge in [0, 0.05) is 24.3 Å². The molecule has 3 aromatic rings. The minimum absolute atomic E-state index is 0.225. The highest BCUT2D eigenvalue weighted by atomic mass is 16.2. The van der Waals surface area contributed by atoms with Crippen molar-refractivity contribution in [2.75, 3.05) is 11.9 Å². The van der Waals surface area contributed by atoms with Crippen LogP contribution in [0.3, 0.4) is 0 Å². The smallest absolute Gasteiger partial charge is 0.272 e. The first-order chi connectivity index (χ1) is 13.2. The molecule has 27 heavy (non-hydrogen) atoms. The Morgan fingerprint density at radius 2 is 1.81 bits per heavy atom. The maximum atomic E-state index is 12.8. The SMILES string of the molecule is O=C(NCC1CCC1)c1ncccc1NC(=O)c1ccnc2ccccc12. The summed E-state index contributed by atoms with van der Waals surface area (Å²) < 4.78 is 0. The second-order valence-electron chi connectivity index (χ2n) is 6.74. The molecule has 6 nitrogen and oxygen atoms in total. The molecule has 2 heterocycles. The summed E-state index contributed by atoms with van der Waals surface area (Å²) in [6.45, 7) is 0.651. The number of aromatic nitrogens is 2. The van der Waals surface area contributed by atoms with Crippen molar-refractivity contribution in [1.29, 1.82) is 0 Å². The van der Waals surface area contributed by atoms with Gasteiger partial charge >= 0.3 is 0 Å². The first kappa shape index (κ1) is 17.1. The van der Waals surface area contributed by atoms with Gasteiger partial charge in [0.25, 0.3) is 11.8 Å². The number of pyridine rings is 2. The molecular weight excluding hydrogens is 340 g/mol. The van der Waals surface area contributed by atoms with Gasteiger partial charge in [-0.3, -0.25) is 14.6 Å². The zero-order valence-electron chi connectivity index (χ0n) is 14.8. The van der Waals surface area contributed by atoms with Crippen molar-refractivity contribution < 1.29 is 9.59 Å². The van der Waals surface area contributed by atoms with Crippen molar-refractivity contribution in [3.8, 4) is 0 Å². The van der Waals surface area contributed by atoms with E-state index in [0.717, 1.165) is 23.7 Å². The molecule has 2 amide bonds. The van der Waals surface area contributed by atoms with E-state index in [0.29, 0.717) is 23.7 Å². The number of benzene rings is 1. The summed E-state index contributed by atoms with van der Waals surface area (Å²) in [6, 6.07) is 12.5. The van der Waals surface area contributed by atoms with Crippen molar-refractivity contribution >= 4 is 28.4 Å². The third kappa shape index (κ3) is 3.65. The molecule has 1 fully saturated rings. The highest BCUT2D eigenvalue weighted by Gasteiger charge is 2.21. The van der Waals surface area contributed by atoms with E-state index in [1.807, 2.05) is 24.3 Å². The number of carbonyl (C=O) groups is 2. The molecule has 0 unspecified atom stereocenters. The van der Waals surface area contributed by atoms with Crippen LogP contribution >= 0.6 is 0 Å². The molecule has 2 aromatic heterocycles. The van der Waals surface area contributed by atoms with Crippen LogP contribution in [0.15, 0.2) is 54.9 Å². The number of amides is 2. The molecule has 1 aromatic carbocycles. The fourth-order valence-electron chi connectivity index (χ4n) is 3.19. The van der Waals surface area contributed by atoms with Crippen LogP contribution in [0.4, 0.5) is 5.69 Å². The molecular formula is C21H20N4O2. The van der Waals surface area contributed by atoms with Crippen molar-refractivity contribution in [3.63, 3.8) is 0 Å². The van der Waals surface area contributed by atoms with E-state index in [2.05, 4.69) is 20.6 Å². The molecule has 4 rings (SSSR count). The average Bonchev–Trinajstić information content (AvgIpc) is 2.66. The summed E-state index contributed by atoms with van der Waals surface area (Å²) in [6.07, 6.45) is 6.69. The van der Waals surface area contributed by atoms with Gasteiger partial charge in [-0.15, -0.1) is 0 Å². The third-order valence-electron chi connectivity index (χ3n) is 4.94. The summed E-state index contributed by atoms with van der Waals surface area (Å²) >= 11 is 0. The van der Waals surface area contributed by atoms with Gasteiger partial charge in [0.2, 0.25) is 0 Å². The van der Waals surface area contributed by atoms with Gasteiger partial charge in [0.15, 0.2) is 5.69 Å². The largest absolute Gasteiger partial charge is 0.350 e. The fraction of sp³-hybridized carbons (Fsp3) is 0.238. The minimum atomic E-state index is -0.297. The number of carbonyl (C=O) groups excluding carboxylic acids is 2. The minimum Gasteiger partial charge on any atom is -0.350 e. The predicted molar refractivity (Wildman–Crippen MR) is 104 cm³/mol. The van der Waals surface area contributed by atoms with Gasteiger partial charge in [-0.05, 0) is 43.0 Å². The Morgan fingerprint density at radius 1 is 0.963 bits per heavy atom. The summed E-state index contributed by atoms with van der Waals surface area (Å²) in [5.41, 5.74) is 1.87. The zero-order valence-corrected chi connectivity index (χ0v) is 14.8. The Labute approximate surface area is 157 Å². The fourth-order valence-corrected chi connectivity index (χ4v) is 3.19. The molecule has 0 bridgehead atoms. The molecule has 0 spiro atoms. The average molecular weight is 360 g/mol. The lowest BCUT2D eigenvalue weighted by Gasteiger charge is -2.25. The highest BCUT2D eigenvalue weighted by molar-refractivity contribution is 6.14. The van der Waals surface area contributed by atoms with Gasteiger partial charge in [0.05, 0.1) is 16.8 Å². The van der Waals surface area contributed by atoms with Gasteiger partial charge < -0.3 is 10.6 Å². The second kappa shape index (κ2) is 7.53. The van der Waals surface area contributed by atoms with Gasteiger partial charge in [-0.2, -0.15) is 0 Å². The Morgan fingerprint density at radius 3 is 2.63 bits per heavy atom. The molecule has 0 atom stereocenters. The summed E-state index contributed by atoms with van der Waals surface area (Å²) in [5, 5.41) is 6.51. The van der Waals surface area contributed by atoms with E-state index in [4.69, 9.17) is 0 Å². The van der Waals surface area contributed by atoms with Crippen LogP contribution < -0.4 is 10.6 Å². The van der Waals surface area contributed by atoms with E-state index >= 15 is 0 Å². The third-order valence-corrected chi connectivity index (χ3v) is 4.94. The Balaban J connectivity index is 1.55. The maximum absolute atomic E-state index is 12.8. The van der Waals surface area contributed by atoms with Gasteiger partial charge in [0.1, 0.15) is 0 Å². The molecule has 1 aliphatic rings. The number of rotatable bonds is 5. The van der Waals surface area contributed by atoms with Gasteiger partial charge in [-0.1, -0.05) is 24.6 Å². The Bertz CT molecular complexity index is 993. The first-order valence-electron chi connectivity index (χ1n) is 9.10. The number of nitrogens with one attached hydrogen (secondary N) is 2. The molecule has 1 aliphatic carbocycles. The van der Waals surface area contributed by atoms with Crippen LogP contribution in [0.1, 0.15) is 40.1 Å². The van der Waals surface area contributed by atoms with E-state index < -0.39 is 0 Å². The van der Waals surface area contributed by atoms with Crippen LogP contribution in [0, 0.1) is 5.92 Å². The van der Waals surface area contributed by atoms with Crippen molar-refractivity contribution in [2.24, 2.45) is 5.92 Å². The highest BCUT2D eigenvalue weighted by Crippen LogP contribution is 2.25. The number of fused-ring (bicyclic) bond motifs is 1. The lowest BCUT2D eigenvalue weighted by atomic mass is 9.85. The lowest BCUT2D eigenvalue weighted by molar-refractivity contribution is 0.0935. The molecule has 2 N–H and O–H groups in total. The number of hydrogen-bond donors (Lipinski definition) is 2.